The lowest BCUT2D eigenvalue weighted by Crippen LogP contribution is -2.35. The van der Waals surface area contributed by atoms with Gasteiger partial charge in [-0.2, -0.15) is 5.10 Å². The van der Waals surface area contributed by atoms with Crippen LogP contribution in [0.25, 0.3) is 0 Å². The van der Waals surface area contributed by atoms with Gasteiger partial charge in [-0.15, -0.1) is 0 Å². The second-order valence-electron chi connectivity index (χ2n) is 5.45. The molecule has 1 heterocycles. The summed E-state index contributed by atoms with van der Waals surface area (Å²) in [7, 11) is 0. The molecule has 1 aromatic rings. The number of hydrogen-bond acceptors (Lipinski definition) is 2. The maximum Gasteiger partial charge on any atom is 0.0540 e. The second-order valence-corrected chi connectivity index (χ2v) is 5.45. The summed E-state index contributed by atoms with van der Waals surface area (Å²) in [6, 6.07) is 0. The molecule has 1 aliphatic rings. The number of aromatic nitrogens is 2. The zero-order valence-electron chi connectivity index (χ0n) is 11.2. The molecule has 0 bridgehead atoms. The third-order valence-corrected chi connectivity index (χ3v) is 4.34. The van der Waals surface area contributed by atoms with Gasteiger partial charge in [0.05, 0.1) is 6.20 Å². The molecule has 2 N–H and O–H groups in total. The van der Waals surface area contributed by atoms with E-state index in [4.69, 9.17) is 5.73 Å². The van der Waals surface area contributed by atoms with E-state index in [0.29, 0.717) is 0 Å². The molecule has 1 saturated carbocycles. The predicted molar refractivity (Wildman–Crippen MR) is 70.6 cm³/mol. The third-order valence-electron chi connectivity index (χ3n) is 4.34. The highest BCUT2D eigenvalue weighted by Gasteiger charge is 2.31. The van der Waals surface area contributed by atoms with E-state index in [1.165, 1.54) is 31.2 Å². The molecule has 0 aliphatic heterocycles. The molecular weight excluding hydrogens is 210 g/mol. The van der Waals surface area contributed by atoms with Crippen LogP contribution < -0.4 is 5.73 Å². The Morgan fingerprint density at radius 3 is 2.88 bits per heavy atom. The molecule has 3 heteroatoms. The summed E-state index contributed by atoms with van der Waals surface area (Å²) < 4.78 is 1.98. The average molecular weight is 235 g/mol. The highest BCUT2D eigenvalue weighted by molar-refractivity contribution is 5.18. The van der Waals surface area contributed by atoms with Crippen LogP contribution in [-0.4, -0.2) is 9.78 Å². The van der Waals surface area contributed by atoms with Gasteiger partial charge in [0, 0.05) is 23.8 Å². The maximum absolute atomic E-state index is 6.61. The Hall–Kier alpha value is -0.830. The summed E-state index contributed by atoms with van der Waals surface area (Å²) in [5.41, 5.74) is 7.72. The molecule has 3 nitrogen and oxygen atoms in total. The van der Waals surface area contributed by atoms with Crippen molar-refractivity contribution in [3.8, 4) is 0 Å². The zero-order valence-corrected chi connectivity index (χ0v) is 11.2. The quantitative estimate of drug-likeness (QED) is 0.818. The van der Waals surface area contributed by atoms with Crippen molar-refractivity contribution in [1.29, 1.82) is 0 Å². The van der Waals surface area contributed by atoms with Gasteiger partial charge in [0.25, 0.3) is 0 Å². The Morgan fingerprint density at radius 1 is 1.41 bits per heavy atom. The van der Waals surface area contributed by atoms with E-state index in [1.807, 2.05) is 10.9 Å². The first-order chi connectivity index (χ1) is 8.18. The lowest BCUT2D eigenvalue weighted by Gasteiger charge is -2.27. The van der Waals surface area contributed by atoms with Crippen molar-refractivity contribution in [2.45, 2.75) is 64.5 Å². The lowest BCUT2D eigenvalue weighted by atomic mass is 9.85. The molecule has 2 unspecified atom stereocenters. The molecule has 2 rings (SSSR count). The van der Waals surface area contributed by atoms with Gasteiger partial charge in [-0.3, -0.25) is 4.68 Å². The van der Waals surface area contributed by atoms with Gasteiger partial charge in [0.1, 0.15) is 0 Å². The number of hydrogen-bond donors (Lipinski definition) is 1. The van der Waals surface area contributed by atoms with Crippen LogP contribution in [-0.2, 0) is 12.1 Å². The molecule has 17 heavy (non-hydrogen) atoms. The Balaban J connectivity index is 2.12. The van der Waals surface area contributed by atoms with Crippen molar-refractivity contribution in [2.75, 3.05) is 0 Å². The number of aryl methyl sites for hydroxylation is 1. The van der Waals surface area contributed by atoms with E-state index in [2.05, 4.69) is 25.1 Å². The average Bonchev–Trinajstić information content (AvgIpc) is 2.75. The van der Waals surface area contributed by atoms with E-state index in [0.717, 1.165) is 25.3 Å². The number of rotatable bonds is 3. The van der Waals surface area contributed by atoms with Crippen LogP contribution in [0.4, 0.5) is 0 Å². The highest BCUT2D eigenvalue weighted by Crippen LogP contribution is 2.36. The van der Waals surface area contributed by atoms with Crippen molar-refractivity contribution in [3.05, 3.63) is 18.0 Å². The molecule has 96 valence electrons. The van der Waals surface area contributed by atoms with E-state index in [1.54, 1.807) is 0 Å². The summed E-state index contributed by atoms with van der Waals surface area (Å²) in [5.74, 6) is 0.877. The van der Waals surface area contributed by atoms with Crippen molar-refractivity contribution in [3.63, 3.8) is 0 Å². The van der Waals surface area contributed by atoms with Gasteiger partial charge in [0.2, 0.25) is 0 Å². The summed E-state index contributed by atoms with van der Waals surface area (Å²) in [4.78, 5) is 0. The first-order valence-corrected chi connectivity index (χ1v) is 6.99. The molecule has 0 spiro atoms. The van der Waals surface area contributed by atoms with Crippen molar-refractivity contribution >= 4 is 0 Å². The summed E-state index contributed by atoms with van der Waals surface area (Å²) in [5, 5.41) is 4.36. The number of nitrogens with zero attached hydrogens (tertiary/aromatic N) is 2. The van der Waals surface area contributed by atoms with Crippen molar-refractivity contribution in [1.82, 2.24) is 9.78 Å². The standard InChI is InChI=1S/C14H25N3/c1-3-12-6-5-8-14(15,9-7-12)13-10-16-17(4-2)11-13/h10-12H,3-9,15H2,1-2H3. The van der Waals surface area contributed by atoms with Gasteiger partial charge in [0.15, 0.2) is 0 Å². The molecule has 0 amide bonds. The first-order valence-electron chi connectivity index (χ1n) is 6.99. The van der Waals surface area contributed by atoms with Crippen LogP contribution in [0, 0.1) is 5.92 Å². The Kier molecular flexibility index (Phi) is 3.87. The summed E-state index contributed by atoms with van der Waals surface area (Å²) in [6.07, 6.45) is 11.5. The molecule has 0 aromatic carbocycles. The molecular formula is C14H25N3. The van der Waals surface area contributed by atoms with E-state index >= 15 is 0 Å². The van der Waals surface area contributed by atoms with Gasteiger partial charge in [-0.05, 0) is 32.1 Å². The maximum atomic E-state index is 6.61. The topological polar surface area (TPSA) is 43.8 Å². The highest BCUT2D eigenvalue weighted by atomic mass is 15.3. The van der Waals surface area contributed by atoms with Gasteiger partial charge in [-0.1, -0.05) is 26.2 Å². The van der Waals surface area contributed by atoms with E-state index < -0.39 is 0 Å². The minimum Gasteiger partial charge on any atom is -0.321 e. The SMILES string of the molecule is CCC1CCCC(N)(c2cnn(CC)c2)CC1. The smallest absolute Gasteiger partial charge is 0.0540 e. The van der Waals surface area contributed by atoms with Gasteiger partial charge >= 0.3 is 0 Å². The number of nitrogens with two attached hydrogens (primary N) is 1. The molecule has 0 saturated heterocycles. The molecule has 0 radical (unpaired) electrons. The molecule has 1 aromatic heterocycles. The normalized spacial score (nSPS) is 30.2. The lowest BCUT2D eigenvalue weighted by molar-refractivity contribution is 0.371. The van der Waals surface area contributed by atoms with Crippen LogP contribution in [0.2, 0.25) is 0 Å². The Bertz CT molecular complexity index is 358. The summed E-state index contributed by atoms with van der Waals surface area (Å²) >= 11 is 0. The van der Waals surface area contributed by atoms with Crippen molar-refractivity contribution in [2.24, 2.45) is 11.7 Å². The molecule has 1 fully saturated rings. The largest absolute Gasteiger partial charge is 0.321 e. The second kappa shape index (κ2) is 5.21. The third kappa shape index (κ3) is 2.71. The van der Waals surface area contributed by atoms with Crippen LogP contribution in [0.15, 0.2) is 12.4 Å². The van der Waals surface area contributed by atoms with Crippen LogP contribution in [0.1, 0.15) is 57.9 Å². The van der Waals surface area contributed by atoms with Crippen LogP contribution in [0.5, 0.6) is 0 Å². The fourth-order valence-corrected chi connectivity index (χ4v) is 2.93. The van der Waals surface area contributed by atoms with Crippen LogP contribution >= 0.6 is 0 Å². The minimum absolute atomic E-state index is 0.128. The Morgan fingerprint density at radius 2 is 2.24 bits per heavy atom. The van der Waals surface area contributed by atoms with Crippen molar-refractivity contribution < 1.29 is 0 Å². The van der Waals surface area contributed by atoms with E-state index in [-0.39, 0.29) is 5.54 Å². The summed E-state index contributed by atoms with van der Waals surface area (Å²) in [6.45, 7) is 5.33. The minimum atomic E-state index is -0.128. The fourth-order valence-electron chi connectivity index (χ4n) is 2.93. The zero-order chi connectivity index (χ0) is 12.3. The monoisotopic (exact) mass is 235 g/mol. The fraction of sp³-hybridized carbons (Fsp3) is 0.786. The predicted octanol–water partition coefficient (Wildman–Crippen LogP) is 3.05. The van der Waals surface area contributed by atoms with Gasteiger partial charge < -0.3 is 5.73 Å². The first kappa shape index (κ1) is 12.6. The van der Waals surface area contributed by atoms with E-state index in [9.17, 15) is 0 Å². The van der Waals surface area contributed by atoms with Gasteiger partial charge in [-0.25, -0.2) is 0 Å². The van der Waals surface area contributed by atoms with Crippen LogP contribution in [0.3, 0.4) is 0 Å². The molecule has 1 aliphatic carbocycles. The Labute approximate surface area is 104 Å². The molecule has 2 atom stereocenters.